The van der Waals surface area contributed by atoms with Crippen molar-refractivity contribution in [2.24, 2.45) is 52.3 Å². The zero-order valence-electron chi connectivity index (χ0n) is 20.7. The SMILES string of the molecule is CC(=O)O[C@H]1CC[C@@]2(C)[C@@H](CC[C@@H]3[C@@H]2CC(=O)[C@@]2(C)[C@H]3C[C@@H]([C@@H]3CCCC3=O)[C@@H]2C(C)=O)C1. The molecule has 0 aromatic carbocycles. The minimum absolute atomic E-state index is 0.00742. The molecule has 5 nitrogen and oxygen atoms in total. The van der Waals surface area contributed by atoms with Crippen molar-refractivity contribution >= 4 is 23.3 Å². The molecule has 33 heavy (non-hydrogen) atoms. The van der Waals surface area contributed by atoms with Crippen LogP contribution in [0.1, 0.15) is 91.9 Å². The number of fused-ring (bicyclic) bond motifs is 5. The Morgan fingerprint density at radius 1 is 0.939 bits per heavy atom. The van der Waals surface area contributed by atoms with E-state index in [9.17, 15) is 19.2 Å². The summed E-state index contributed by atoms with van der Waals surface area (Å²) in [6, 6.07) is 0. The molecule has 5 heteroatoms. The maximum Gasteiger partial charge on any atom is 0.302 e. The molecule has 0 heterocycles. The van der Waals surface area contributed by atoms with Crippen molar-refractivity contribution in [1.29, 1.82) is 0 Å². The average Bonchev–Trinajstić information content (AvgIpc) is 3.30. The van der Waals surface area contributed by atoms with E-state index in [0.717, 1.165) is 51.4 Å². The second-order valence-corrected chi connectivity index (χ2v) is 12.5. The standard InChI is InChI=1S/C28H40O5/c1-15(29)26-21(19-6-5-7-24(19)31)13-23-20-9-8-17-12-18(33-16(2)30)10-11-27(17,3)22(20)14-25(32)28(23,26)4/h17-23,26H,5-14H2,1-4H3/t17-,18-,19-,20+,21-,22-,23-,26-,27-,28+/m0/s1. The topological polar surface area (TPSA) is 77.5 Å². The number of hydrogen-bond acceptors (Lipinski definition) is 5. The lowest BCUT2D eigenvalue weighted by molar-refractivity contribution is -0.167. The molecule has 5 aliphatic carbocycles. The third-order valence-electron chi connectivity index (χ3n) is 11.2. The van der Waals surface area contributed by atoms with E-state index in [1.807, 2.05) is 0 Å². The first kappa shape index (κ1) is 23.2. The molecule has 0 bridgehead atoms. The quantitative estimate of drug-likeness (QED) is 0.562. The summed E-state index contributed by atoms with van der Waals surface area (Å²) in [5.74, 6) is 1.68. The van der Waals surface area contributed by atoms with Gasteiger partial charge in [0.25, 0.3) is 0 Å². The van der Waals surface area contributed by atoms with Crippen molar-refractivity contribution in [2.45, 2.75) is 98.0 Å². The molecule has 0 aromatic rings. The second kappa shape index (κ2) is 8.02. The predicted molar refractivity (Wildman–Crippen MR) is 123 cm³/mol. The first-order valence-electron chi connectivity index (χ1n) is 13.3. The molecule has 10 atom stereocenters. The Morgan fingerprint density at radius 2 is 1.70 bits per heavy atom. The van der Waals surface area contributed by atoms with Crippen molar-refractivity contribution in [2.75, 3.05) is 0 Å². The average molecular weight is 457 g/mol. The molecule has 0 aromatic heterocycles. The fraction of sp³-hybridized carbons (Fsp3) is 0.857. The number of ketones is 3. The van der Waals surface area contributed by atoms with Gasteiger partial charge in [0.2, 0.25) is 0 Å². The van der Waals surface area contributed by atoms with Crippen LogP contribution in [0.25, 0.3) is 0 Å². The van der Waals surface area contributed by atoms with Crippen LogP contribution >= 0.6 is 0 Å². The Hall–Kier alpha value is -1.52. The lowest BCUT2D eigenvalue weighted by Crippen LogP contribution is -2.57. The van der Waals surface area contributed by atoms with Gasteiger partial charge >= 0.3 is 5.97 Å². The van der Waals surface area contributed by atoms with Crippen molar-refractivity contribution in [3.8, 4) is 0 Å². The van der Waals surface area contributed by atoms with Crippen LogP contribution in [0.4, 0.5) is 0 Å². The highest BCUT2D eigenvalue weighted by Crippen LogP contribution is 2.68. The lowest BCUT2D eigenvalue weighted by atomic mass is 9.44. The van der Waals surface area contributed by atoms with E-state index in [0.29, 0.717) is 36.4 Å². The molecule has 0 aliphatic heterocycles. The van der Waals surface area contributed by atoms with Gasteiger partial charge < -0.3 is 4.74 Å². The molecule has 5 saturated carbocycles. The van der Waals surface area contributed by atoms with Gasteiger partial charge in [-0.15, -0.1) is 0 Å². The smallest absolute Gasteiger partial charge is 0.302 e. The zero-order valence-corrected chi connectivity index (χ0v) is 20.7. The van der Waals surface area contributed by atoms with Crippen LogP contribution in [0.5, 0.6) is 0 Å². The third-order valence-corrected chi connectivity index (χ3v) is 11.2. The number of esters is 1. The van der Waals surface area contributed by atoms with Crippen LogP contribution in [-0.4, -0.2) is 29.4 Å². The van der Waals surface area contributed by atoms with Gasteiger partial charge in [0.15, 0.2) is 0 Å². The summed E-state index contributed by atoms with van der Waals surface area (Å²) >= 11 is 0. The van der Waals surface area contributed by atoms with Gasteiger partial charge in [-0.1, -0.05) is 13.8 Å². The number of hydrogen-bond donors (Lipinski definition) is 0. The lowest BCUT2D eigenvalue weighted by Gasteiger charge is -2.60. The van der Waals surface area contributed by atoms with Gasteiger partial charge in [-0.25, -0.2) is 0 Å². The molecular formula is C28H40O5. The fourth-order valence-corrected chi connectivity index (χ4v) is 9.79. The van der Waals surface area contributed by atoms with E-state index in [1.165, 1.54) is 6.92 Å². The highest BCUT2D eigenvalue weighted by Gasteiger charge is 2.67. The third kappa shape index (κ3) is 3.38. The number of Topliss-reactive ketones (excluding diaryl/α,β-unsaturated/α-hetero) is 3. The molecule has 5 aliphatic rings. The monoisotopic (exact) mass is 456 g/mol. The van der Waals surface area contributed by atoms with Crippen molar-refractivity contribution in [3.63, 3.8) is 0 Å². The van der Waals surface area contributed by atoms with Gasteiger partial charge in [0.1, 0.15) is 23.5 Å². The number of rotatable bonds is 3. The molecule has 5 fully saturated rings. The first-order valence-corrected chi connectivity index (χ1v) is 13.3. The van der Waals surface area contributed by atoms with Crippen LogP contribution in [0.15, 0.2) is 0 Å². The van der Waals surface area contributed by atoms with Crippen LogP contribution < -0.4 is 0 Å². The van der Waals surface area contributed by atoms with Gasteiger partial charge in [-0.3, -0.25) is 19.2 Å². The fourth-order valence-electron chi connectivity index (χ4n) is 9.79. The predicted octanol–water partition coefficient (Wildman–Crippen LogP) is 4.94. The van der Waals surface area contributed by atoms with Crippen molar-refractivity contribution in [1.82, 2.24) is 0 Å². The largest absolute Gasteiger partial charge is 0.463 e. The Balaban J connectivity index is 1.45. The van der Waals surface area contributed by atoms with Crippen LogP contribution in [-0.2, 0) is 23.9 Å². The van der Waals surface area contributed by atoms with Gasteiger partial charge in [0, 0.05) is 37.0 Å². The summed E-state index contributed by atoms with van der Waals surface area (Å²) in [6.45, 7) is 7.60. The van der Waals surface area contributed by atoms with Crippen LogP contribution in [0, 0.1) is 52.3 Å². The Labute approximate surface area is 197 Å². The Morgan fingerprint density at radius 3 is 2.33 bits per heavy atom. The summed E-state index contributed by atoms with van der Waals surface area (Å²) in [5.41, 5.74) is -0.526. The summed E-state index contributed by atoms with van der Waals surface area (Å²) in [4.78, 5) is 51.2. The number of carbonyl (C=O) groups is 4. The van der Waals surface area contributed by atoms with Crippen molar-refractivity contribution in [3.05, 3.63) is 0 Å². The van der Waals surface area contributed by atoms with Gasteiger partial charge in [-0.2, -0.15) is 0 Å². The Bertz CT molecular complexity index is 878. The van der Waals surface area contributed by atoms with Crippen molar-refractivity contribution < 1.29 is 23.9 Å². The Kier molecular flexibility index (Phi) is 5.64. The normalized spacial score (nSPS) is 49.2. The zero-order chi connectivity index (χ0) is 23.7. The highest BCUT2D eigenvalue weighted by molar-refractivity contribution is 5.94. The van der Waals surface area contributed by atoms with E-state index in [2.05, 4.69) is 13.8 Å². The maximum absolute atomic E-state index is 13.9. The molecule has 0 unspecified atom stereocenters. The van der Waals surface area contributed by atoms with Crippen LogP contribution in [0.2, 0.25) is 0 Å². The molecule has 5 rings (SSSR count). The molecule has 182 valence electrons. The van der Waals surface area contributed by atoms with E-state index in [-0.39, 0.29) is 52.7 Å². The van der Waals surface area contributed by atoms with E-state index in [1.54, 1.807) is 6.92 Å². The minimum Gasteiger partial charge on any atom is -0.463 e. The molecular weight excluding hydrogens is 416 g/mol. The summed E-state index contributed by atoms with van der Waals surface area (Å²) in [5, 5.41) is 0. The molecule has 0 spiro atoms. The van der Waals surface area contributed by atoms with E-state index >= 15 is 0 Å². The second-order valence-electron chi connectivity index (χ2n) is 12.5. The number of ether oxygens (including phenoxy) is 1. The maximum atomic E-state index is 13.9. The summed E-state index contributed by atoms with van der Waals surface area (Å²) in [6.07, 6.45) is 8.85. The highest BCUT2D eigenvalue weighted by atomic mass is 16.5. The first-order chi connectivity index (χ1) is 15.6. The molecule has 0 amide bonds. The molecule has 0 radical (unpaired) electrons. The van der Waals surface area contributed by atoms with Crippen LogP contribution in [0.3, 0.4) is 0 Å². The number of carbonyl (C=O) groups excluding carboxylic acids is 4. The van der Waals surface area contributed by atoms with Gasteiger partial charge in [-0.05, 0) is 93.3 Å². The van der Waals surface area contributed by atoms with E-state index < -0.39 is 5.41 Å². The van der Waals surface area contributed by atoms with E-state index in [4.69, 9.17) is 4.74 Å². The van der Waals surface area contributed by atoms with Gasteiger partial charge in [0.05, 0.1) is 0 Å². The molecule has 0 saturated heterocycles. The summed E-state index contributed by atoms with van der Waals surface area (Å²) < 4.78 is 5.57. The summed E-state index contributed by atoms with van der Waals surface area (Å²) in [7, 11) is 0. The molecule has 0 N–H and O–H groups in total. The minimum atomic E-state index is -0.612.